The molecule has 1 saturated heterocycles. The Morgan fingerprint density at radius 1 is 1.25 bits per heavy atom. The van der Waals surface area contributed by atoms with Gasteiger partial charge >= 0.3 is 0 Å². The van der Waals surface area contributed by atoms with Crippen LogP contribution in [0.3, 0.4) is 0 Å². The Kier molecular flexibility index (Phi) is 7.25. The fourth-order valence-corrected chi connectivity index (χ4v) is 5.29. The van der Waals surface area contributed by atoms with Gasteiger partial charge in [-0.3, -0.25) is 0 Å². The molecule has 2 aromatic rings. The Morgan fingerprint density at radius 3 is 2.57 bits per heavy atom. The second-order valence-corrected chi connectivity index (χ2v) is 9.92. The van der Waals surface area contributed by atoms with E-state index in [2.05, 4.69) is 44.8 Å². The van der Waals surface area contributed by atoms with E-state index in [1.54, 1.807) is 0 Å². The van der Waals surface area contributed by atoms with Crippen LogP contribution in [0.2, 0.25) is 0 Å². The van der Waals surface area contributed by atoms with Gasteiger partial charge in [0, 0.05) is 17.4 Å². The quantitative estimate of drug-likeness (QED) is 0.530. The van der Waals surface area contributed by atoms with E-state index < -0.39 is 10.0 Å². The number of aromatic nitrogens is 2. The van der Waals surface area contributed by atoms with Crippen molar-refractivity contribution < 1.29 is 12.9 Å². The molecule has 1 aliphatic rings. The first kappa shape index (κ1) is 21.4. The lowest BCUT2D eigenvalue weighted by atomic mass is 10.1. The van der Waals surface area contributed by atoms with Crippen LogP contribution in [0.25, 0.3) is 0 Å². The summed E-state index contributed by atoms with van der Waals surface area (Å²) >= 11 is 3.42. The highest BCUT2D eigenvalue weighted by atomic mass is 79.9. The number of sulfonamides is 1. The molecule has 1 fully saturated rings. The van der Waals surface area contributed by atoms with Crippen LogP contribution < -0.4 is 0 Å². The SMILES string of the molecule is CCN(CC)CCCS(=O)(=O)N1CCC1c1nc(Cc2ccc(Br)cc2)no1. The standard InChI is InChI=1S/C19H27BrN4O3S/c1-3-23(4-2)11-5-13-28(25,26)24-12-10-17(24)19-21-18(22-27-19)14-15-6-8-16(20)9-7-15/h6-9,17H,3-5,10-14H2,1-2H3. The third kappa shape index (κ3) is 5.20. The molecule has 3 rings (SSSR count). The van der Waals surface area contributed by atoms with Gasteiger partial charge in [-0.25, -0.2) is 8.42 Å². The number of hydrogen-bond acceptors (Lipinski definition) is 6. The maximum absolute atomic E-state index is 12.7. The smallest absolute Gasteiger partial charge is 0.245 e. The fourth-order valence-electron chi connectivity index (χ4n) is 3.33. The van der Waals surface area contributed by atoms with Crippen LogP contribution in [0.15, 0.2) is 33.3 Å². The van der Waals surface area contributed by atoms with Crippen molar-refractivity contribution in [2.75, 3.05) is 31.9 Å². The molecule has 0 aliphatic carbocycles. The lowest BCUT2D eigenvalue weighted by Crippen LogP contribution is -2.46. The van der Waals surface area contributed by atoms with Gasteiger partial charge in [0.2, 0.25) is 15.9 Å². The highest BCUT2D eigenvalue weighted by molar-refractivity contribution is 9.10. The summed E-state index contributed by atoms with van der Waals surface area (Å²) in [6.07, 6.45) is 1.90. The molecule has 0 spiro atoms. The fraction of sp³-hybridized carbons (Fsp3) is 0.579. The van der Waals surface area contributed by atoms with E-state index in [-0.39, 0.29) is 11.8 Å². The number of hydrogen-bond donors (Lipinski definition) is 0. The minimum Gasteiger partial charge on any atom is -0.338 e. The molecule has 0 amide bonds. The molecule has 1 aromatic carbocycles. The molecule has 0 radical (unpaired) electrons. The Morgan fingerprint density at radius 2 is 1.96 bits per heavy atom. The number of nitrogens with zero attached hydrogens (tertiary/aromatic N) is 4. The summed E-state index contributed by atoms with van der Waals surface area (Å²) in [7, 11) is -3.31. The first-order valence-corrected chi connectivity index (χ1v) is 12.1. The van der Waals surface area contributed by atoms with Gasteiger partial charge in [0.1, 0.15) is 6.04 Å². The largest absolute Gasteiger partial charge is 0.338 e. The van der Waals surface area contributed by atoms with Crippen molar-refractivity contribution in [2.24, 2.45) is 0 Å². The molecule has 0 bridgehead atoms. The van der Waals surface area contributed by atoms with Crippen LogP contribution in [-0.2, 0) is 16.4 Å². The molecule has 1 aliphatic heterocycles. The van der Waals surface area contributed by atoms with Gasteiger partial charge in [-0.15, -0.1) is 0 Å². The molecular weight excluding hydrogens is 444 g/mol. The molecule has 2 heterocycles. The predicted molar refractivity (Wildman–Crippen MR) is 112 cm³/mol. The lowest BCUT2D eigenvalue weighted by Gasteiger charge is -2.37. The Bertz CT molecular complexity index is 866. The molecule has 154 valence electrons. The Labute approximate surface area is 175 Å². The van der Waals surface area contributed by atoms with Crippen LogP contribution in [0.1, 0.15) is 50.0 Å². The van der Waals surface area contributed by atoms with Gasteiger partial charge in [-0.1, -0.05) is 47.1 Å². The van der Waals surface area contributed by atoms with Gasteiger partial charge in [-0.05, 0) is 50.2 Å². The zero-order chi connectivity index (χ0) is 20.1. The van der Waals surface area contributed by atoms with E-state index >= 15 is 0 Å². The van der Waals surface area contributed by atoms with Crippen molar-refractivity contribution in [3.63, 3.8) is 0 Å². The molecule has 1 atom stereocenters. The zero-order valence-electron chi connectivity index (χ0n) is 16.3. The molecular formula is C19H27BrN4O3S. The van der Waals surface area contributed by atoms with E-state index in [9.17, 15) is 8.42 Å². The summed E-state index contributed by atoms with van der Waals surface area (Å²) < 4.78 is 33.3. The number of benzene rings is 1. The normalized spacial score (nSPS) is 17.8. The van der Waals surface area contributed by atoms with Crippen LogP contribution >= 0.6 is 15.9 Å². The van der Waals surface area contributed by atoms with Gasteiger partial charge in [0.15, 0.2) is 5.82 Å². The maximum Gasteiger partial charge on any atom is 0.245 e. The molecule has 1 unspecified atom stereocenters. The second kappa shape index (κ2) is 9.47. The third-order valence-electron chi connectivity index (χ3n) is 5.14. The van der Waals surface area contributed by atoms with E-state index in [1.807, 2.05) is 24.3 Å². The molecule has 28 heavy (non-hydrogen) atoms. The topological polar surface area (TPSA) is 79.5 Å². The third-order valence-corrected chi connectivity index (χ3v) is 7.63. The molecule has 7 nitrogen and oxygen atoms in total. The summed E-state index contributed by atoms with van der Waals surface area (Å²) in [5.41, 5.74) is 1.07. The molecule has 1 aromatic heterocycles. The van der Waals surface area contributed by atoms with E-state index in [0.29, 0.717) is 31.1 Å². The van der Waals surface area contributed by atoms with E-state index in [0.717, 1.165) is 36.1 Å². The first-order valence-electron chi connectivity index (χ1n) is 9.71. The number of halogens is 1. The van der Waals surface area contributed by atoms with Gasteiger partial charge < -0.3 is 9.42 Å². The molecule has 0 N–H and O–H groups in total. The van der Waals surface area contributed by atoms with Crippen molar-refractivity contribution in [3.05, 3.63) is 46.0 Å². The lowest BCUT2D eigenvalue weighted by molar-refractivity contribution is 0.156. The van der Waals surface area contributed by atoms with Crippen molar-refractivity contribution >= 4 is 26.0 Å². The minimum atomic E-state index is -3.31. The van der Waals surface area contributed by atoms with Crippen molar-refractivity contribution in [2.45, 2.75) is 39.2 Å². The van der Waals surface area contributed by atoms with Gasteiger partial charge in [0.25, 0.3) is 0 Å². The highest BCUT2D eigenvalue weighted by Crippen LogP contribution is 2.35. The summed E-state index contributed by atoms with van der Waals surface area (Å²) in [6, 6.07) is 7.60. The monoisotopic (exact) mass is 470 g/mol. The highest BCUT2D eigenvalue weighted by Gasteiger charge is 2.41. The summed E-state index contributed by atoms with van der Waals surface area (Å²) in [6.45, 7) is 7.36. The van der Waals surface area contributed by atoms with Gasteiger partial charge in [0.05, 0.1) is 5.75 Å². The van der Waals surface area contributed by atoms with Crippen LogP contribution in [0.4, 0.5) is 0 Å². The van der Waals surface area contributed by atoms with Crippen molar-refractivity contribution in [1.29, 1.82) is 0 Å². The van der Waals surface area contributed by atoms with E-state index in [4.69, 9.17) is 4.52 Å². The van der Waals surface area contributed by atoms with Crippen molar-refractivity contribution in [3.8, 4) is 0 Å². The zero-order valence-corrected chi connectivity index (χ0v) is 18.7. The Hall–Kier alpha value is -1.29. The number of rotatable bonds is 10. The first-order chi connectivity index (χ1) is 13.4. The average Bonchev–Trinajstić information content (AvgIpc) is 3.07. The van der Waals surface area contributed by atoms with E-state index in [1.165, 1.54) is 4.31 Å². The average molecular weight is 471 g/mol. The molecule has 0 saturated carbocycles. The second-order valence-electron chi connectivity index (χ2n) is 6.96. The molecule has 9 heteroatoms. The predicted octanol–water partition coefficient (Wildman–Crippen LogP) is 3.23. The summed E-state index contributed by atoms with van der Waals surface area (Å²) in [4.78, 5) is 6.68. The minimum absolute atomic E-state index is 0.153. The Balaban J connectivity index is 1.58. The van der Waals surface area contributed by atoms with Crippen molar-refractivity contribution in [1.82, 2.24) is 19.3 Å². The summed E-state index contributed by atoms with van der Waals surface area (Å²) in [5, 5.41) is 4.03. The van der Waals surface area contributed by atoms with Crippen LogP contribution in [-0.4, -0.2) is 59.7 Å². The van der Waals surface area contributed by atoms with Crippen LogP contribution in [0.5, 0.6) is 0 Å². The van der Waals surface area contributed by atoms with Crippen LogP contribution in [0, 0.1) is 0 Å². The van der Waals surface area contributed by atoms with Gasteiger partial charge in [-0.2, -0.15) is 9.29 Å². The summed E-state index contributed by atoms with van der Waals surface area (Å²) in [5.74, 6) is 1.12. The maximum atomic E-state index is 12.7.